The van der Waals surface area contributed by atoms with Crippen molar-refractivity contribution < 1.29 is 19.4 Å². The number of hydrazone groups is 1. The molecular formula is C25H36N4O4. The molecule has 33 heavy (non-hydrogen) atoms. The Morgan fingerprint density at radius 1 is 1.09 bits per heavy atom. The van der Waals surface area contributed by atoms with Gasteiger partial charge >= 0.3 is 6.03 Å². The molecule has 8 heteroatoms. The first-order valence-corrected chi connectivity index (χ1v) is 12.4. The summed E-state index contributed by atoms with van der Waals surface area (Å²) in [4.78, 5) is 30.0. The van der Waals surface area contributed by atoms with E-state index >= 15 is 0 Å². The number of benzene rings is 1. The lowest BCUT2D eigenvalue weighted by Crippen LogP contribution is -2.52. The molecule has 1 aromatic rings. The number of urea groups is 1. The van der Waals surface area contributed by atoms with E-state index in [1.54, 1.807) is 0 Å². The summed E-state index contributed by atoms with van der Waals surface area (Å²) in [5, 5.41) is 16.4. The van der Waals surface area contributed by atoms with Crippen LogP contribution in [-0.4, -0.2) is 70.0 Å². The first-order chi connectivity index (χ1) is 16.0. The highest BCUT2D eigenvalue weighted by Gasteiger charge is 2.43. The fourth-order valence-corrected chi connectivity index (χ4v) is 5.01. The number of amides is 3. The van der Waals surface area contributed by atoms with Crippen molar-refractivity contribution in [3.05, 3.63) is 29.3 Å². The Labute approximate surface area is 196 Å². The fourth-order valence-electron chi connectivity index (χ4n) is 5.01. The summed E-state index contributed by atoms with van der Waals surface area (Å²) in [5.74, 6) is 0.507. The number of piperidine rings is 1. The maximum Gasteiger partial charge on any atom is 0.349 e. The molecule has 0 spiro atoms. The zero-order valence-electron chi connectivity index (χ0n) is 19.8. The van der Waals surface area contributed by atoms with Crippen molar-refractivity contribution >= 4 is 17.6 Å². The summed E-state index contributed by atoms with van der Waals surface area (Å²) < 4.78 is 5.78. The Morgan fingerprint density at radius 2 is 1.85 bits per heavy atom. The number of nitrogens with zero attached hydrogens (tertiary/aromatic N) is 4. The second kappa shape index (κ2) is 10.7. The van der Waals surface area contributed by atoms with Crippen molar-refractivity contribution in [3.63, 3.8) is 0 Å². The second-order valence-electron chi connectivity index (χ2n) is 9.18. The number of hydrogen-bond acceptors (Lipinski definition) is 6. The lowest BCUT2D eigenvalue weighted by atomic mass is 9.97. The van der Waals surface area contributed by atoms with Crippen LogP contribution in [0.4, 0.5) is 4.79 Å². The molecule has 3 aliphatic rings. The number of carbonyl (C=O) groups excluding carboxylic acids is 2. The summed E-state index contributed by atoms with van der Waals surface area (Å²) in [6.07, 6.45) is 6.44. The van der Waals surface area contributed by atoms with E-state index in [9.17, 15) is 14.7 Å². The summed E-state index contributed by atoms with van der Waals surface area (Å²) in [6, 6.07) is 5.30. The van der Waals surface area contributed by atoms with E-state index in [-0.39, 0.29) is 24.6 Å². The van der Waals surface area contributed by atoms with Gasteiger partial charge in [0.1, 0.15) is 12.3 Å². The summed E-state index contributed by atoms with van der Waals surface area (Å²) in [5.41, 5.74) is 2.32. The second-order valence-corrected chi connectivity index (χ2v) is 9.18. The number of hydrogen-bond donors (Lipinski definition) is 1. The van der Waals surface area contributed by atoms with Crippen molar-refractivity contribution in [2.45, 2.75) is 77.5 Å². The van der Waals surface area contributed by atoms with E-state index in [1.165, 1.54) is 16.3 Å². The lowest BCUT2D eigenvalue weighted by molar-refractivity contribution is -0.130. The summed E-state index contributed by atoms with van der Waals surface area (Å²) in [6.45, 7) is 6.39. The Morgan fingerprint density at radius 3 is 2.58 bits per heavy atom. The monoisotopic (exact) mass is 456 g/mol. The summed E-state index contributed by atoms with van der Waals surface area (Å²) >= 11 is 0. The normalized spacial score (nSPS) is 22.5. The third kappa shape index (κ3) is 5.06. The largest absolute Gasteiger partial charge is 0.492 e. The number of imide groups is 1. The van der Waals surface area contributed by atoms with E-state index in [1.807, 2.05) is 25.1 Å². The highest BCUT2D eigenvalue weighted by atomic mass is 16.5. The predicted octanol–water partition coefficient (Wildman–Crippen LogP) is 3.88. The molecule has 0 saturated carbocycles. The molecule has 180 valence electrons. The van der Waals surface area contributed by atoms with Gasteiger partial charge in [0.2, 0.25) is 0 Å². The van der Waals surface area contributed by atoms with Crippen LogP contribution in [0.3, 0.4) is 0 Å². The van der Waals surface area contributed by atoms with Crippen molar-refractivity contribution in [3.8, 4) is 5.75 Å². The average molecular weight is 457 g/mol. The van der Waals surface area contributed by atoms with Gasteiger partial charge in [0, 0.05) is 25.1 Å². The van der Waals surface area contributed by atoms with Gasteiger partial charge in [-0.15, -0.1) is 0 Å². The highest BCUT2D eigenvalue weighted by Crippen LogP contribution is 2.31. The molecule has 0 bridgehead atoms. The van der Waals surface area contributed by atoms with Crippen LogP contribution >= 0.6 is 0 Å². The van der Waals surface area contributed by atoms with Crippen LogP contribution in [0, 0.1) is 0 Å². The van der Waals surface area contributed by atoms with Crippen LogP contribution in [0.15, 0.2) is 23.3 Å². The van der Waals surface area contributed by atoms with Gasteiger partial charge in [-0.05, 0) is 43.4 Å². The first-order valence-electron chi connectivity index (χ1n) is 12.4. The van der Waals surface area contributed by atoms with Crippen LogP contribution in [0.25, 0.3) is 0 Å². The molecule has 0 aliphatic carbocycles. The summed E-state index contributed by atoms with van der Waals surface area (Å²) in [7, 11) is 0. The maximum atomic E-state index is 13.3. The van der Waals surface area contributed by atoms with E-state index in [0.717, 1.165) is 62.0 Å². The zero-order valence-corrected chi connectivity index (χ0v) is 19.8. The van der Waals surface area contributed by atoms with Gasteiger partial charge < -0.3 is 9.84 Å². The minimum atomic E-state index is -0.548. The SMILES string of the molecule is CCCC(O)c1ccc2c(c1)/C(=N/N1CC(=O)N(C(CCC)N3CCCCC3)C1=O)CCO2. The van der Waals surface area contributed by atoms with E-state index in [4.69, 9.17) is 4.74 Å². The van der Waals surface area contributed by atoms with Crippen LogP contribution in [0.2, 0.25) is 0 Å². The van der Waals surface area contributed by atoms with Crippen LogP contribution in [0.1, 0.15) is 82.4 Å². The number of ether oxygens (including phenoxy) is 1. The van der Waals surface area contributed by atoms with E-state index < -0.39 is 6.10 Å². The molecule has 3 aliphatic heterocycles. The molecule has 4 rings (SSSR count). The van der Waals surface area contributed by atoms with Crippen molar-refractivity contribution in [1.29, 1.82) is 0 Å². The molecule has 2 saturated heterocycles. The Hall–Kier alpha value is -2.45. The number of likely N-dealkylation sites (tertiary alicyclic amines) is 1. The van der Waals surface area contributed by atoms with Gasteiger partial charge in [-0.3, -0.25) is 9.69 Å². The van der Waals surface area contributed by atoms with Gasteiger partial charge in [0.15, 0.2) is 0 Å². The zero-order chi connectivity index (χ0) is 23.4. The van der Waals surface area contributed by atoms with Crippen molar-refractivity contribution in [2.75, 3.05) is 26.2 Å². The number of aliphatic hydroxyl groups excluding tert-OH is 1. The fraction of sp³-hybridized carbons (Fsp3) is 0.640. The lowest BCUT2D eigenvalue weighted by Gasteiger charge is -2.38. The number of carbonyl (C=O) groups is 2. The van der Waals surface area contributed by atoms with Crippen LogP contribution < -0.4 is 4.74 Å². The molecule has 0 radical (unpaired) electrons. The van der Waals surface area contributed by atoms with Crippen molar-refractivity contribution in [1.82, 2.24) is 14.8 Å². The minimum absolute atomic E-state index is 0.0370. The standard InChI is InChI=1S/C25H36N4O4/c1-3-8-21(30)18-10-11-22-19(16-18)20(12-15-33-22)26-28-17-24(31)29(25(28)32)23(9-4-2)27-13-6-5-7-14-27/h10-11,16,21,23,30H,3-9,12-15,17H2,1-2H3/b26-20+. The maximum absolute atomic E-state index is 13.3. The highest BCUT2D eigenvalue weighted by molar-refractivity contribution is 6.06. The number of rotatable bonds is 8. The van der Waals surface area contributed by atoms with Crippen LogP contribution in [0.5, 0.6) is 5.75 Å². The van der Waals surface area contributed by atoms with Gasteiger partial charge in [-0.25, -0.2) is 14.7 Å². The average Bonchev–Trinajstić information content (AvgIpc) is 3.10. The Balaban J connectivity index is 1.58. The van der Waals surface area contributed by atoms with Crippen LogP contribution in [-0.2, 0) is 4.79 Å². The third-order valence-corrected chi connectivity index (χ3v) is 6.74. The third-order valence-electron chi connectivity index (χ3n) is 6.74. The topological polar surface area (TPSA) is 85.7 Å². The Bertz CT molecular complexity index is 896. The molecule has 0 aromatic heterocycles. The molecule has 3 heterocycles. The molecule has 8 nitrogen and oxygen atoms in total. The molecule has 2 unspecified atom stereocenters. The smallest absolute Gasteiger partial charge is 0.349 e. The van der Waals surface area contributed by atoms with Gasteiger partial charge in [-0.1, -0.05) is 39.2 Å². The molecule has 1 N–H and O–H groups in total. The Kier molecular flexibility index (Phi) is 7.65. The first kappa shape index (κ1) is 23.7. The van der Waals surface area contributed by atoms with Gasteiger partial charge in [0.25, 0.3) is 5.91 Å². The molecular weight excluding hydrogens is 420 g/mol. The predicted molar refractivity (Wildman–Crippen MR) is 126 cm³/mol. The molecule has 3 amide bonds. The molecule has 2 atom stereocenters. The van der Waals surface area contributed by atoms with E-state index in [0.29, 0.717) is 25.2 Å². The number of aliphatic hydroxyl groups is 1. The van der Waals surface area contributed by atoms with Gasteiger partial charge in [-0.2, -0.15) is 5.10 Å². The van der Waals surface area contributed by atoms with Crippen molar-refractivity contribution in [2.24, 2.45) is 5.10 Å². The molecule has 2 fully saturated rings. The van der Waals surface area contributed by atoms with E-state index in [2.05, 4.69) is 16.9 Å². The quantitative estimate of drug-likeness (QED) is 0.600. The molecule has 1 aromatic carbocycles. The number of fused-ring (bicyclic) bond motifs is 1. The minimum Gasteiger partial charge on any atom is -0.492 e. The van der Waals surface area contributed by atoms with Gasteiger partial charge in [0.05, 0.1) is 24.6 Å².